The van der Waals surface area contributed by atoms with Gasteiger partial charge in [0, 0.05) is 17.3 Å². The van der Waals surface area contributed by atoms with E-state index in [9.17, 15) is 4.79 Å². The van der Waals surface area contributed by atoms with Crippen molar-refractivity contribution in [1.29, 1.82) is 0 Å². The molecular weight excluding hydrogens is 340 g/mol. The van der Waals surface area contributed by atoms with E-state index in [1.54, 1.807) is 23.5 Å². The highest BCUT2D eigenvalue weighted by molar-refractivity contribution is 7.21. The summed E-state index contributed by atoms with van der Waals surface area (Å²) < 4.78 is 1.16. The van der Waals surface area contributed by atoms with Crippen molar-refractivity contribution < 1.29 is 4.79 Å². The molecule has 1 heterocycles. The van der Waals surface area contributed by atoms with E-state index >= 15 is 0 Å². The number of anilines is 1. The molecule has 0 aliphatic carbocycles. The smallest absolute Gasteiger partial charge is 0.248 e. The van der Waals surface area contributed by atoms with Gasteiger partial charge >= 0.3 is 0 Å². The predicted molar refractivity (Wildman–Crippen MR) is 109 cm³/mol. The van der Waals surface area contributed by atoms with E-state index in [0.717, 1.165) is 32.0 Å². The molecule has 3 aromatic carbocycles. The fraction of sp³-hybridized carbons (Fsp3) is 0. The normalized spacial score (nSPS) is 11.1. The Morgan fingerprint density at radius 3 is 2.58 bits per heavy atom. The summed E-state index contributed by atoms with van der Waals surface area (Å²) in [6.07, 6.45) is 3.34. The van der Waals surface area contributed by atoms with Gasteiger partial charge in [0.25, 0.3) is 0 Å². The zero-order valence-electron chi connectivity index (χ0n) is 13.9. The van der Waals surface area contributed by atoms with Crippen LogP contribution in [0.1, 0.15) is 5.56 Å². The van der Waals surface area contributed by atoms with E-state index in [1.807, 2.05) is 72.8 Å². The summed E-state index contributed by atoms with van der Waals surface area (Å²) >= 11 is 1.65. The molecule has 4 heteroatoms. The second kappa shape index (κ2) is 7.33. The second-order valence-electron chi connectivity index (χ2n) is 5.80. The van der Waals surface area contributed by atoms with E-state index < -0.39 is 0 Å². The van der Waals surface area contributed by atoms with Gasteiger partial charge < -0.3 is 5.32 Å². The fourth-order valence-electron chi connectivity index (χ4n) is 2.65. The molecule has 126 valence electrons. The zero-order valence-corrected chi connectivity index (χ0v) is 14.7. The van der Waals surface area contributed by atoms with Crippen LogP contribution in [0.3, 0.4) is 0 Å². The Morgan fingerprint density at radius 1 is 0.923 bits per heavy atom. The Bertz CT molecular complexity index is 1050. The quantitative estimate of drug-likeness (QED) is 0.483. The highest BCUT2D eigenvalue weighted by Crippen LogP contribution is 2.31. The van der Waals surface area contributed by atoms with Crippen molar-refractivity contribution in [3.8, 4) is 10.6 Å². The van der Waals surface area contributed by atoms with Crippen LogP contribution in [0.2, 0.25) is 0 Å². The molecule has 1 amide bonds. The van der Waals surface area contributed by atoms with Crippen molar-refractivity contribution in [2.24, 2.45) is 0 Å². The third kappa shape index (κ3) is 3.71. The molecule has 0 fully saturated rings. The number of nitrogens with zero attached hydrogens (tertiary/aromatic N) is 1. The van der Waals surface area contributed by atoms with Gasteiger partial charge in [0.05, 0.1) is 10.2 Å². The summed E-state index contributed by atoms with van der Waals surface area (Å²) in [5.41, 5.74) is 3.74. The molecule has 0 radical (unpaired) electrons. The lowest BCUT2D eigenvalue weighted by molar-refractivity contribution is -0.111. The number of fused-ring (bicyclic) bond motifs is 1. The Hall–Kier alpha value is -3.24. The number of carbonyl (C=O) groups is 1. The Morgan fingerprint density at radius 2 is 1.73 bits per heavy atom. The lowest BCUT2D eigenvalue weighted by Gasteiger charge is -2.04. The van der Waals surface area contributed by atoms with E-state index in [1.165, 1.54) is 0 Å². The first-order chi connectivity index (χ1) is 12.8. The molecule has 0 aliphatic rings. The van der Waals surface area contributed by atoms with Crippen LogP contribution >= 0.6 is 11.3 Å². The zero-order chi connectivity index (χ0) is 17.8. The Labute approximate surface area is 155 Å². The van der Waals surface area contributed by atoms with Crippen molar-refractivity contribution in [1.82, 2.24) is 4.98 Å². The highest BCUT2D eigenvalue weighted by atomic mass is 32.1. The monoisotopic (exact) mass is 356 g/mol. The number of nitrogens with one attached hydrogen (secondary N) is 1. The molecule has 4 aromatic rings. The van der Waals surface area contributed by atoms with Crippen molar-refractivity contribution in [3.63, 3.8) is 0 Å². The van der Waals surface area contributed by atoms with Crippen molar-refractivity contribution in [3.05, 3.63) is 90.5 Å². The molecule has 4 rings (SSSR count). The van der Waals surface area contributed by atoms with Crippen LogP contribution < -0.4 is 5.32 Å². The number of benzene rings is 3. The number of hydrogen-bond acceptors (Lipinski definition) is 3. The lowest BCUT2D eigenvalue weighted by Crippen LogP contribution is -2.07. The predicted octanol–water partition coefficient (Wildman–Crippen LogP) is 5.62. The molecule has 0 saturated carbocycles. The number of amides is 1. The van der Waals surface area contributed by atoms with Gasteiger partial charge in [-0.3, -0.25) is 4.79 Å². The molecule has 3 nitrogen and oxygen atoms in total. The van der Waals surface area contributed by atoms with Crippen LogP contribution in [-0.4, -0.2) is 10.9 Å². The molecule has 1 N–H and O–H groups in total. The van der Waals surface area contributed by atoms with Gasteiger partial charge in [-0.1, -0.05) is 54.6 Å². The maximum Gasteiger partial charge on any atom is 0.248 e. The average molecular weight is 356 g/mol. The topological polar surface area (TPSA) is 42.0 Å². The molecule has 0 saturated heterocycles. The minimum Gasteiger partial charge on any atom is -0.322 e. The standard InChI is InChI=1S/C22H16N2OS/c25-21(14-13-16-7-2-1-3-8-16)23-18-10-6-9-17(15-18)22-24-19-11-4-5-12-20(19)26-22/h1-15H,(H,23,25)/b14-13-. The molecule has 0 aliphatic heterocycles. The van der Waals surface area contributed by atoms with Crippen LogP contribution in [-0.2, 0) is 4.79 Å². The second-order valence-corrected chi connectivity index (χ2v) is 6.83. The Balaban J connectivity index is 1.52. The summed E-state index contributed by atoms with van der Waals surface area (Å²) in [6, 6.07) is 25.6. The van der Waals surface area contributed by atoms with E-state index in [2.05, 4.69) is 16.4 Å². The van der Waals surface area contributed by atoms with Crippen LogP contribution in [0.5, 0.6) is 0 Å². The van der Waals surface area contributed by atoms with E-state index in [-0.39, 0.29) is 5.91 Å². The molecule has 1 aromatic heterocycles. The molecule has 0 spiro atoms. The van der Waals surface area contributed by atoms with Crippen molar-refractivity contribution in [2.45, 2.75) is 0 Å². The molecule has 26 heavy (non-hydrogen) atoms. The van der Waals surface area contributed by atoms with Gasteiger partial charge in [-0.25, -0.2) is 4.98 Å². The third-order valence-electron chi connectivity index (χ3n) is 3.90. The minimum absolute atomic E-state index is 0.157. The van der Waals surface area contributed by atoms with Crippen LogP contribution in [0, 0.1) is 0 Å². The van der Waals surface area contributed by atoms with Gasteiger partial charge in [0.2, 0.25) is 5.91 Å². The molecule has 0 atom stereocenters. The van der Waals surface area contributed by atoms with Gasteiger partial charge in [0.1, 0.15) is 5.01 Å². The van der Waals surface area contributed by atoms with Gasteiger partial charge in [-0.15, -0.1) is 11.3 Å². The first-order valence-electron chi connectivity index (χ1n) is 8.28. The number of hydrogen-bond donors (Lipinski definition) is 1. The summed E-state index contributed by atoms with van der Waals surface area (Å²) in [6.45, 7) is 0. The molecule has 0 unspecified atom stereocenters. The number of para-hydroxylation sites is 1. The first kappa shape index (κ1) is 16.2. The Kier molecular flexibility index (Phi) is 4.58. The maximum atomic E-state index is 12.2. The van der Waals surface area contributed by atoms with Crippen molar-refractivity contribution >= 4 is 39.2 Å². The summed E-state index contributed by atoms with van der Waals surface area (Å²) in [5.74, 6) is -0.157. The minimum atomic E-state index is -0.157. The number of carbonyl (C=O) groups excluding carboxylic acids is 1. The van der Waals surface area contributed by atoms with Crippen LogP contribution in [0.4, 0.5) is 5.69 Å². The molecule has 0 bridgehead atoms. The lowest BCUT2D eigenvalue weighted by atomic mass is 10.2. The number of thiazole rings is 1. The largest absolute Gasteiger partial charge is 0.322 e. The number of rotatable bonds is 4. The van der Waals surface area contributed by atoms with Gasteiger partial charge in [-0.2, -0.15) is 0 Å². The fourth-order valence-corrected chi connectivity index (χ4v) is 3.61. The summed E-state index contributed by atoms with van der Waals surface area (Å²) in [5, 5.41) is 3.85. The summed E-state index contributed by atoms with van der Waals surface area (Å²) in [7, 11) is 0. The number of aromatic nitrogens is 1. The van der Waals surface area contributed by atoms with E-state index in [4.69, 9.17) is 0 Å². The van der Waals surface area contributed by atoms with Gasteiger partial charge in [-0.05, 0) is 35.9 Å². The third-order valence-corrected chi connectivity index (χ3v) is 4.98. The average Bonchev–Trinajstić information content (AvgIpc) is 3.12. The van der Waals surface area contributed by atoms with Gasteiger partial charge in [0.15, 0.2) is 0 Å². The van der Waals surface area contributed by atoms with Crippen LogP contribution in [0.15, 0.2) is 84.9 Å². The van der Waals surface area contributed by atoms with Crippen LogP contribution in [0.25, 0.3) is 26.9 Å². The maximum absolute atomic E-state index is 12.2. The van der Waals surface area contributed by atoms with E-state index in [0.29, 0.717) is 0 Å². The first-order valence-corrected chi connectivity index (χ1v) is 9.10. The summed E-state index contributed by atoms with van der Waals surface area (Å²) in [4.78, 5) is 16.8. The highest BCUT2D eigenvalue weighted by Gasteiger charge is 2.07. The van der Waals surface area contributed by atoms with Crippen molar-refractivity contribution in [2.75, 3.05) is 5.32 Å². The molecular formula is C22H16N2OS. The SMILES string of the molecule is O=C(/C=C\c1ccccc1)Nc1cccc(-c2nc3ccccc3s2)c1.